The van der Waals surface area contributed by atoms with Crippen LogP contribution in [0.1, 0.15) is 30.1 Å². The van der Waals surface area contributed by atoms with Gasteiger partial charge in [0.05, 0.1) is 17.3 Å². The summed E-state index contributed by atoms with van der Waals surface area (Å²) in [6.07, 6.45) is 2.72. The van der Waals surface area contributed by atoms with Crippen molar-refractivity contribution in [3.63, 3.8) is 0 Å². The SMILES string of the molecule is C[C@H](OC(=O)c1cc(-c2ccco2)nc2ccccc12)C(=O)N1CCCC1. The van der Waals surface area contributed by atoms with Gasteiger partial charge in [-0.05, 0) is 44.0 Å². The van der Waals surface area contributed by atoms with Crippen molar-refractivity contribution in [2.75, 3.05) is 13.1 Å². The Bertz CT molecular complexity index is 975. The highest BCUT2D eigenvalue weighted by molar-refractivity contribution is 6.05. The first-order valence-electron chi connectivity index (χ1n) is 9.07. The van der Waals surface area contributed by atoms with Crippen LogP contribution in [0, 0.1) is 0 Å². The smallest absolute Gasteiger partial charge is 0.339 e. The molecule has 1 amide bonds. The van der Waals surface area contributed by atoms with Crippen molar-refractivity contribution in [3.8, 4) is 11.5 Å². The number of carbonyl (C=O) groups excluding carboxylic acids is 2. The first kappa shape index (κ1) is 17.3. The number of furan rings is 1. The van der Waals surface area contributed by atoms with Crippen LogP contribution in [0.2, 0.25) is 0 Å². The number of hydrogen-bond donors (Lipinski definition) is 0. The zero-order valence-corrected chi connectivity index (χ0v) is 15.1. The van der Waals surface area contributed by atoms with E-state index in [2.05, 4.69) is 4.98 Å². The fourth-order valence-electron chi connectivity index (χ4n) is 3.36. The Balaban J connectivity index is 1.65. The number of rotatable bonds is 4. The fraction of sp³-hybridized carbons (Fsp3) is 0.286. The van der Waals surface area contributed by atoms with Crippen molar-refractivity contribution in [1.29, 1.82) is 0 Å². The topological polar surface area (TPSA) is 72.6 Å². The molecule has 3 heterocycles. The molecule has 1 aliphatic heterocycles. The zero-order chi connectivity index (χ0) is 18.8. The quantitative estimate of drug-likeness (QED) is 0.661. The first-order valence-corrected chi connectivity index (χ1v) is 9.07. The second-order valence-corrected chi connectivity index (χ2v) is 6.63. The van der Waals surface area contributed by atoms with Crippen molar-refractivity contribution in [2.45, 2.75) is 25.9 Å². The summed E-state index contributed by atoms with van der Waals surface area (Å²) in [6, 6.07) is 12.5. The molecule has 1 saturated heterocycles. The number of esters is 1. The van der Waals surface area contributed by atoms with Gasteiger partial charge in [0.15, 0.2) is 11.9 Å². The molecule has 138 valence electrons. The van der Waals surface area contributed by atoms with Crippen LogP contribution in [-0.4, -0.2) is 41.0 Å². The van der Waals surface area contributed by atoms with E-state index in [-0.39, 0.29) is 5.91 Å². The van der Waals surface area contributed by atoms with Crippen molar-refractivity contribution in [3.05, 3.63) is 54.3 Å². The van der Waals surface area contributed by atoms with Gasteiger partial charge in [-0.3, -0.25) is 4.79 Å². The summed E-state index contributed by atoms with van der Waals surface area (Å²) in [6.45, 7) is 3.07. The number of ether oxygens (including phenoxy) is 1. The second kappa shape index (κ2) is 7.23. The minimum absolute atomic E-state index is 0.148. The summed E-state index contributed by atoms with van der Waals surface area (Å²) in [4.78, 5) is 31.6. The largest absolute Gasteiger partial charge is 0.463 e. The number of benzene rings is 1. The van der Waals surface area contributed by atoms with Crippen LogP contribution in [0.4, 0.5) is 0 Å². The molecule has 0 aliphatic carbocycles. The molecule has 0 spiro atoms. The van der Waals surface area contributed by atoms with Gasteiger partial charge in [0, 0.05) is 18.5 Å². The van der Waals surface area contributed by atoms with E-state index in [0.717, 1.165) is 25.9 Å². The molecule has 0 radical (unpaired) electrons. The molecular weight excluding hydrogens is 344 g/mol. The highest BCUT2D eigenvalue weighted by Gasteiger charge is 2.27. The van der Waals surface area contributed by atoms with Gasteiger partial charge < -0.3 is 14.1 Å². The third kappa shape index (κ3) is 3.43. The van der Waals surface area contributed by atoms with Crippen molar-refractivity contribution >= 4 is 22.8 Å². The van der Waals surface area contributed by atoms with E-state index in [9.17, 15) is 9.59 Å². The average molecular weight is 364 g/mol. The predicted octanol–water partition coefficient (Wildman–Crippen LogP) is 3.66. The van der Waals surface area contributed by atoms with E-state index in [4.69, 9.17) is 9.15 Å². The summed E-state index contributed by atoms with van der Waals surface area (Å²) in [5, 5.41) is 0.679. The maximum Gasteiger partial charge on any atom is 0.339 e. The molecule has 27 heavy (non-hydrogen) atoms. The molecule has 1 atom stereocenters. The van der Waals surface area contributed by atoms with E-state index < -0.39 is 12.1 Å². The lowest BCUT2D eigenvalue weighted by molar-refractivity contribution is -0.138. The number of aromatic nitrogens is 1. The van der Waals surface area contributed by atoms with E-state index >= 15 is 0 Å². The summed E-state index contributed by atoms with van der Waals surface area (Å²) >= 11 is 0. The van der Waals surface area contributed by atoms with Crippen molar-refractivity contribution in [1.82, 2.24) is 9.88 Å². The molecule has 3 aromatic rings. The van der Waals surface area contributed by atoms with Gasteiger partial charge in [0.2, 0.25) is 0 Å². The number of carbonyl (C=O) groups is 2. The Morgan fingerprint density at radius 1 is 1.15 bits per heavy atom. The number of pyridine rings is 1. The molecule has 1 fully saturated rings. The Morgan fingerprint density at radius 3 is 2.67 bits per heavy atom. The Hall–Kier alpha value is -3.15. The van der Waals surface area contributed by atoms with E-state index in [0.29, 0.717) is 27.9 Å². The maximum atomic E-state index is 12.9. The van der Waals surface area contributed by atoms with Crippen LogP contribution in [0.15, 0.2) is 53.1 Å². The van der Waals surface area contributed by atoms with Crippen LogP contribution >= 0.6 is 0 Å². The molecule has 1 aromatic carbocycles. The Labute approximate surface area is 156 Å². The molecule has 1 aliphatic rings. The lowest BCUT2D eigenvalue weighted by Crippen LogP contribution is -2.38. The van der Waals surface area contributed by atoms with Gasteiger partial charge in [-0.2, -0.15) is 0 Å². The number of fused-ring (bicyclic) bond motifs is 1. The van der Waals surface area contributed by atoms with Crippen LogP contribution in [0.5, 0.6) is 0 Å². The van der Waals surface area contributed by atoms with Gasteiger partial charge in [-0.25, -0.2) is 9.78 Å². The highest BCUT2D eigenvalue weighted by atomic mass is 16.5. The monoisotopic (exact) mass is 364 g/mol. The van der Waals surface area contributed by atoms with Gasteiger partial charge in [-0.1, -0.05) is 18.2 Å². The molecule has 6 heteroatoms. The van der Waals surface area contributed by atoms with Crippen molar-refractivity contribution in [2.24, 2.45) is 0 Å². The summed E-state index contributed by atoms with van der Waals surface area (Å²) < 4.78 is 10.9. The predicted molar refractivity (Wildman–Crippen MR) is 100 cm³/mol. The van der Waals surface area contributed by atoms with Crippen LogP contribution in [0.3, 0.4) is 0 Å². The fourth-order valence-corrected chi connectivity index (χ4v) is 3.36. The van der Waals surface area contributed by atoms with Crippen LogP contribution in [-0.2, 0) is 9.53 Å². The zero-order valence-electron chi connectivity index (χ0n) is 15.1. The normalized spacial score (nSPS) is 15.1. The minimum Gasteiger partial charge on any atom is -0.463 e. The molecule has 6 nitrogen and oxygen atoms in total. The molecular formula is C21H20N2O4. The number of likely N-dealkylation sites (tertiary alicyclic amines) is 1. The lowest BCUT2D eigenvalue weighted by atomic mass is 10.1. The minimum atomic E-state index is -0.824. The first-order chi connectivity index (χ1) is 13.1. The lowest BCUT2D eigenvalue weighted by Gasteiger charge is -2.20. The summed E-state index contributed by atoms with van der Waals surface area (Å²) in [5.41, 5.74) is 1.58. The number of nitrogens with zero attached hydrogens (tertiary/aromatic N) is 2. The molecule has 0 N–H and O–H groups in total. The van der Waals surface area contributed by atoms with Gasteiger partial charge >= 0.3 is 5.97 Å². The summed E-state index contributed by atoms with van der Waals surface area (Å²) in [7, 11) is 0. The van der Waals surface area contributed by atoms with E-state index in [1.807, 2.05) is 24.3 Å². The Morgan fingerprint density at radius 2 is 1.93 bits per heavy atom. The number of hydrogen-bond acceptors (Lipinski definition) is 5. The second-order valence-electron chi connectivity index (χ2n) is 6.63. The molecule has 0 unspecified atom stereocenters. The van der Waals surface area contributed by atoms with Gasteiger partial charge in [-0.15, -0.1) is 0 Å². The van der Waals surface area contributed by atoms with Crippen molar-refractivity contribution < 1.29 is 18.7 Å². The average Bonchev–Trinajstić information content (AvgIpc) is 3.40. The molecule has 0 bridgehead atoms. The number of para-hydroxylation sites is 1. The maximum absolute atomic E-state index is 12.9. The van der Waals surface area contributed by atoms with Gasteiger partial charge in [0.25, 0.3) is 5.91 Å². The van der Waals surface area contributed by atoms with Gasteiger partial charge in [0.1, 0.15) is 5.69 Å². The Kier molecular flexibility index (Phi) is 4.62. The number of amides is 1. The summed E-state index contributed by atoms with van der Waals surface area (Å²) in [5.74, 6) is -0.122. The highest BCUT2D eigenvalue weighted by Crippen LogP contribution is 2.26. The van der Waals surface area contributed by atoms with Crippen LogP contribution in [0.25, 0.3) is 22.4 Å². The third-order valence-electron chi connectivity index (χ3n) is 4.76. The molecule has 4 rings (SSSR count). The van der Waals surface area contributed by atoms with Crippen LogP contribution < -0.4 is 0 Å². The standard InChI is InChI=1S/C21H20N2O4/c1-14(20(24)23-10-4-5-11-23)27-21(25)16-13-18(19-9-6-12-26-19)22-17-8-3-2-7-15(16)17/h2-3,6-9,12-14H,4-5,10-11H2,1H3/t14-/m0/s1. The molecule has 2 aromatic heterocycles. The van der Waals surface area contributed by atoms with E-state index in [1.54, 1.807) is 36.3 Å². The van der Waals surface area contributed by atoms with E-state index in [1.165, 1.54) is 0 Å². The third-order valence-corrected chi connectivity index (χ3v) is 4.76. The molecule has 0 saturated carbocycles.